The van der Waals surface area contributed by atoms with Crippen LogP contribution in [-0.2, 0) is 11.3 Å². The number of anilines is 1. The fraction of sp³-hybridized carbons (Fsp3) is 0.353. The van der Waals surface area contributed by atoms with E-state index in [1.807, 2.05) is 23.6 Å². The predicted octanol–water partition coefficient (Wildman–Crippen LogP) is 3.49. The second-order valence-corrected chi connectivity index (χ2v) is 7.85. The van der Waals surface area contributed by atoms with Crippen LogP contribution >= 0.6 is 35.0 Å². The van der Waals surface area contributed by atoms with E-state index in [-0.39, 0.29) is 6.10 Å². The molecule has 0 bridgehead atoms. The van der Waals surface area contributed by atoms with Gasteiger partial charge in [0, 0.05) is 41.7 Å². The van der Waals surface area contributed by atoms with Gasteiger partial charge in [-0.15, -0.1) is 0 Å². The zero-order valence-electron chi connectivity index (χ0n) is 14.9. The van der Waals surface area contributed by atoms with Gasteiger partial charge >= 0.3 is 0 Å². The smallest absolute Gasteiger partial charge is 0.175 e. The Morgan fingerprint density at radius 1 is 1.26 bits per heavy atom. The van der Waals surface area contributed by atoms with Crippen molar-refractivity contribution >= 4 is 51.9 Å². The number of halogens is 2. The second-order valence-electron chi connectivity index (χ2n) is 5.93. The number of nitrogens with one attached hydrogen (secondary N) is 1. The molecule has 0 radical (unpaired) electrons. The number of aromatic nitrogens is 4. The lowest BCUT2D eigenvalue weighted by Crippen LogP contribution is -2.29. The van der Waals surface area contributed by atoms with Gasteiger partial charge in [0.25, 0.3) is 0 Å². The van der Waals surface area contributed by atoms with Crippen molar-refractivity contribution in [3.63, 3.8) is 0 Å². The fourth-order valence-corrected chi connectivity index (χ4v) is 4.15. The number of fused-ring (bicyclic) bond motifs is 1. The first-order valence-corrected chi connectivity index (χ1v) is 9.89. The van der Waals surface area contributed by atoms with Crippen LogP contribution in [-0.4, -0.2) is 45.8 Å². The molecule has 0 saturated heterocycles. The maximum Gasteiger partial charge on any atom is 0.175 e. The van der Waals surface area contributed by atoms with Gasteiger partial charge in [-0.2, -0.15) is 0 Å². The Labute approximate surface area is 171 Å². The SMILES string of the molecule is COC(C)CNCCn1c(Sc2cc(Cl)cc(Cl)c2)nc2c(N)ncnc21. The summed E-state index contributed by atoms with van der Waals surface area (Å²) in [5, 5.41) is 5.25. The molecule has 27 heavy (non-hydrogen) atoms. The van der Waals surface area contributed by atoms with Crippen LogP contribution in [0.15, 0.2) is 34.6 Å². The molecule has 2 aromatic heterocycles. The average Bonchev–Trinajstić information content (AvgIpc) is 2.96. The third-order valence-corrected chi connectivity index (χ3v) is 5.32. The Kier molecular flexibility index (Phi) is 6.78. The fourth-order valence-electron chi connectivity index (χ4n) is 2.49. The van der Waals surface area contributed by atoms with E-state index in [9.17, 15) is 0 Å². The van der Waals surface area contributed by atoms with E-state index >= 15 is 0 Å². The largest absolute Gasteiger partial charge is 0.382 e. The molecule has 0 aliphatic heterocycles. The molecule has 7 nitrogen and oxygen atoms in total. The minimum atomic E-state index is 0.143. The van der Waals surface area contributed by atoms with Gasteiger partial charge < -0.3 is 20.4 Å². The summed E-state index contributed by atoms with van der Waals surface area (Å²) < 4.78 is 7.26. The summed E-state index contributed by atoms with van der Waals surface area (Å²) in [7, 11) is 1.69. The number of benzene rings is 1. The van der Waals surface area contributed by atoms with Gasteiger partial charge in [-0.05, 0) is 25.1 Å². The molecule has 3 N–H and O–H groups in total. The molecule has 0 amide bonds. The first-order valence-electron chi connectivity index (χ1n) is 8.32. The number of rotatable bonds is 8. The summed E-state index contributed by atoms with van der Waals surface area (Å²) >= 11 is 13.7. The molecular weight excluding hydrogens is 407 g/mol. The van der Waals surface area contributed by atoms with Gasteiger partial charge in [0.15, 0.2) is 22.1 Å². The van der Waals surface area contributed by atoms with Crippen molar-refractivity contribution in [2.45, 2.75) is 29.6 Å². The van der Waals surface area contributed by atoms with E-state index in [4.69, 9.17) is 33.7 Å². The van der Waals surface area contributed by atoms with Crippen LogP contribution in [0.4, 0.5) is 5.82 Å². The summed E-state index contributed by atoms with van der Waals surface area (Å²) in [5.41, 5.74) is 7.26. The lowest BCUT2D eigenvalue weighted by molar-refractivity contribution is 0.117. The molecule has 0 spiro atoms. The van der Waals surface area contributed by atoms with Crippen molar-refractivity contribution in [3.8, 4) is 0 Å². The minimum Gasteiger partial charge on any atom is -0.382 e. The van der Waals surface area contributed by atoms with Gasteiger partial charge in [0.2, 0.25) is 0 Å². The molecular formula is C17H20Cl2N6OS. The number of nitrogen functional groups attached to an aromatic ring is 1. The van der Waals surface area contributed by atoms with Crippen LogP contribution in [0.3, 0.4) is 0 Å². The zero-order valence-corrected chi connectivity index (χ0v) is 17.3. The van der Waals surface area contributed by atoms with Crippen molar-refractivity contribution in [1.82, 2.24) is 24.8 Å². The van der Waals surface area contributed by atoms with Crippen LogP contribution in [0.25, 0.3) is 11.2 Å². The number of nitrogens with two attached hydrogens (primary N) is 1. The Balaban J connectivity index is 1.87. The van der Waals surface area contributed by atoms with E-state index in [2.05, 4.69) is 20.3 Å². The molecule has 1 aromatic carbocycles. The quantitative estimate of drug-likeness (QED) is 0.532. The number of methoxy groups -OCH3 is 1. The van der Waals surface area contributed by atoms with Crippen molar-refractivity contribution in [3.05, 3.63) is 34.6 Å². The minimum absolute atomic E-state index is 0.143. The monoisotopic (exact) mass is 426 g/mol. The highest BCUT2D eigenvalue weighted by Crippen LogP contribution is 2.33. The standard InChI is InChI=1S/C17H20Cl2N6OS/c1-10(26-2)8-21-3-4-25-16-14(15(20)22-9-23-16)24-17(25)27-13-6-11(18)5-12(19)7-13/h5-7,9-10,21H,3-4,8H2,1-2H3,(H2,20,22,23). The Morgan fingerprint density at radius 2 is 2.00 bits per heavy atom. The van der Waals surface area contributed by atoms with E-state index in [0.717, 1.165) is 23.1 Å². The van der Waals surface area contributed by atoms with Crippen LogP contribution in [0, 0.1) is 0 Å². The molecule has 2 heterocycles. The Morgan fingerprint density at radius 3 is 2.70 bits per heavy atom. The first-order chi connectivity index (χ1) is 13.0. The number of imidazole rings is 1. The molecule has 1 unspecified atom stereocenters. The van der Waals surface area contributed by atoms with Crippen molar-refractivity contribution in [1.29, 1.82) is 0 Å². The Bertz CT molecular complexity index is 915. The molecule has 1 atom stereocenters. The second kappa shape index (κ2) is 9.07. The van der Waals surface area contributed by atoms with Gasteiger partial charge in [-0.3, -0.25) is 0 Å². The third kappa shape index (κ3) is 5.03. The van der Waals surface area contributed by atoms with Gasteiger partial charge in [0.1, 0.15) is 6.33 Å². The van der Waals surface area contributed by atoms with E-state index in [1.54, 1.807) is 13.2 Å². The van der Waals surface area contributed by atoms with E-state index in [1.165, 1.54) is 18.1 Å². The molecule has 3 aromatic rings. The topological polar surface area (TPSA) is 90.9 Å². The summed E-state index contributed by atoms with van der Waals surface area (Å²) in [6, 6.07) is 5.38. The molecule has 0 aliphatic rings. The number of ether oxygens (including phenoxy) is 1. The van der Waals surface area contributed by atoms with Crippen LogP contribution in [0.1, 0.15) is 6.92 Å². The number of hydrogen-bond acceptors (Lipinski definition) is 7. The normalized spacial score (nSPS) is 12.6. The molecule has 0 fully saturated rings. The van der Waals surface area contributed by atoms with Crippen LogP contribution in [0.5, 0.6) is 0 Å². The third-order valence-electron chi connectivity index (χ3n) is 3.92. The highest BCUT2D eigenvalue weighted by atomic mass is 35.5. The first kappa shape index (κ1) is 20.2. The van der Waals surface area contributed by atoms with Gasteiger partial charge in [-0.1, -0.05) is 35.0 Å². The van der Waals surface area contributed by atoms with E-state index in [0.29, 0.717) is 33.6 Å². The molecule has 3 rings (SSSR count). The zero-order chi connectivity index (χ0) is 19.4. The summed E-state index contributed by atoms with van der Waals surface area (Å²) in [5.74, 6) is 0.352. The van der Waals surface area contributed by atoms with E-state index < -0.39 is 0 Å². The van der Waals surface area contributed by atoms with Gasteiger partial charge in [-0.25, -0.2) is 15.0 Å². The maximum atomic E-state index is 6.12. The molecule has 144 valence electrons. The number of nitrogens with zero attached hydrogens (tertiary/aromatic N) is 4. The molecule has 10 heteroatoms. The molecule has 0 saturated carbocycles. The van der Waals surface area contributed by atoms with Crippen molar-refractivity contribution in [2.24, 2.45) is 0 Å². The lowest BCUT2D eigenvalue weighted by Gasteiger charge is -2.12. The van der Waals surface area contributed by atoms with Crippen molar-refractivity contribution in [2.75, 3.05) is 25.9 Å². The maximum absolute atomic E-state index is 6.12. The lowest BCUT2D eigenvalue weighted by atomic mass is 10.4. The highest BCUT2D eigenvalue weighted by Gasteiger charge is 2.16. The predicted molar refractivity (Wildman–Crippen MR) is 110 cm³/mol. The Hall–Kier alpha value is -1.58. The molecule has 0 aliphatic carbocycles. The van der Waals surface area contributed by atoms with Crippen molar-refractivity contribution < 1.29 is 4.74 Å². The summed E-state index contributed by atoms with van der Waals surface area (Å²) in [4.78, 5) is 13.9. The van der Waals surface area contributed by atoms with Crippen LogP contribution < -0.4 is 11.1 Å². The van der Waals surface area contributed by atoms with Gasteiger partial charge in [0.05, 0.1) is 6.10 Å². The number of hydrogen-bond donors (Lipinski definition) is 2. The highest BCUT2D eigenvalue weighted by molar-refractivity contribution is 7.99. The average molecular weight is 427 g/mol. The summed E-state index contributed by atoms with van der Waals surface area (Å²) in [6.07, 6.45) is 1.59. The van der Waals surface area contributed by atoms with Crippen LogP contribution in [0.2, 0.25) is 10.0 Å². The summed E-state index contributed by atoms with van der Waals surface area (Å²) in [6.45, 7) is 4.16.